The Hall–Kier alpha value is -12.0. The van der Waals surface area contributed by atoms with Crippen LogP contribution < -0.4 is 0 Å². The van der Waals surface area contributed by atoms with E-state index in [1.54, 1.807) is 0 Å². The Morgan fingerprint density at radius 3 is 0.561 bits per heavy atom. The number of hydrogen-bond acceptors (Lipinski definition) is 0. The molecule has 0 aromatic heterocycles. The van der Waals surface area contributed by atoms with Gasteiger partial charge in [0.2, 0.25) is 0 Å². The van der Waals surface area contributed by atoms with E-state index in [4.69, 9.17) is 0 Å². The molecule has 0 radical (unpaired) electrons. The Labute approximate surface area is 568 Å². The van der Waals surface area contributed by atoms with Crippen molar-refractivity contribution in [2.24, 2.45) is 0 Å². The lowest BCUT2D eigenvalue weighted by atomic mass is 9.82. The van der Waals surface area contributed by atoms with Gasteiger partial charge in [0.05, 0.1) is 0 Å². The number of aryl methyl sites for hydroxylation is 6. The quantitative estimate of drug-likeness (QED) is 0.115. The van der Waals surface area contributed by atoms with Crippen molar-refractivity contribution < 1.29 is 0 Å². The monoisotopic (exact) mass is 1240 g/mol. The smallest absolute Gasteiger partial charge is 0.000717 e. The molecule has 0 atom stereocenters. The van der Waals surface area contributed by atoms with Crippen LogP contribution in [0, 0.1) is 41.5 Å². The first-order valence-corrected chi connectivity index (χ1v) is 34.8. The molecule has 22 rings (SSSR count). The van der Waals surface area contributed by atoms with Crippen molar-refractivity contribution in [3.05, 3.63) is 300 Å². The van der Waals surface area contributed by atoms with E-state index in [0.717, 1.165) is 0 Å². The summed E-state index contributed by atoms with van der Waals surface area (Å²) in [6, 6.07) is 104. The van der Waals surface area contributed by atoms with Crippen LogP contribution >= 0.6 is 0 Å². The molecule has 0 nitrogen and oxygen atoms in total. The molecule has 0 aliphatic heterocycles. The van der Waals surface area contributed by atoms with Crippen molar-refractivity contribution in [1.29, 1.82) is 0 Å². The van der Waals surface area contributed by atoms with E-state index in [9.17, 15) is 0 Å². The fourth-order valence-corrected chi connectivity index (χ4v) is 18.9. The topological polar surface area (TPSA) is 0 Å². The molecule has 0 saturated heterocycles. The normalized spacial score (nSPS) is 12.6. The molecule has 0 bridgehead atoms. The van der Waals surface area contributed by atoms with Crippen molar-refractivity contribution >= 4 is 118 Å². The first-order chi connectivity index (χ1) is 48.1. The molecule has 0 unspecified atom stereocenters. The summed E-state index contributed by atoms with van der Waals surface area (Å²) in [4.78, 5) is 0. The summed E-state index contributed by atoms with van der Waals surface area (Å²) in [5.74, 6) is 0. The highest BCUT2D eigenvalue weighted by Gasteiger charge is 2.37. The van der Waals surface area contributed by atoms with Crippen molar-refractivity contribution in [2.75, 3.05) is 0 Å². The van der Waals surface area contributed by atoms with Gasteiger partial charge in [-0.3, -0.25) is 0 Å². The number of fused-ring (bicyclic) bond motifs is 16. The largest absolute Gasteiger partial charge is 0.0616 e. The second-order valence-corrected chi connectivity index (χ2v) is 28.8. The lowest BCUT2D eigenvalue weighted by Crippen LogP contribution is -1.93. The van der Waals surface area contributed by atoms with Gasteiger partial charge in [0, 0.05) is 0 Å². The zero-order valence-corrected chi connectivity index (χ0v) is 55.4. The second-order valence-electron chi connectivity index (χ2n) is 28.8. The van der Waals surface area contributed by atoms with Crippen molar-refractivity contribution in [2.45, 2.75) is 41.5 Å². The molecule has 20 aromatic carbocycles. The van der Waals surface area contributed by atoms with Crippen LogP contribution in [0.25, 0.3) is 230 Å². The molecule has 0 saturated carbocycles. The fourth-order valence-electron chi connectivity index (χ4n) is 18.9. The van der Waals surface area contributed by atoms with Crippen LogP contribution in [0.5, 0.6) is 0 Å². The molecule has 2 aliphatic rings. The summed E-state index contributed by atoms with van der Waals surface area (Å²) >= 11 is 0. The maximum atomic E-state index is 2.52. The van der Waals surface area contributed by atoms with Crippen LogP contribution in [0.4, 0.5) is 0 Å². The summed E-state index contributed by atoms with van der Waals surface area (Å²) in [5.41, 5.74) is 33.4. The molecule has 0 heterocycles. The van der Waals surface area contributed by atoms with Gasteiger partial charge in [-0.05, 0) is 271 Å². The van der Waals surface area contributed by atoms with Crippen LogP contribution in [0.15, 0.2) is 267 Å². The Kier molecular flexibility index (Phi) is 10.7. The summed E-state index contributed by atoms with van der Waals surface area (Å²) in [6.45, 7) is 13.2. The number of benzene rings is 18. The summed E-state index contributed by atoms with van der Waals surface area (Å²) in [6.07, 6.45) is 0. The first-order valence-electron chi connectivity index (χ1n) is 34.8. The number of hydrogen-bond donors (Lipinski definition) is 0. The number of rotatable bonds is 6. The highest BCUT2D eigenvalue weighted by Crippen LogP contribution is 2.65. The van der Waals surface area contributed by atoms with E-state index in [2.05, 4.69) is 308 Å². The molecule has 2 aliphatic carbocycles. The minimum atomic E-state index is 1.24. The Bertz CT molecular complexity index is 6520. The zero-order valence-electron chi connectivity index (χ0n) is 55.4. The van der Waals surface area contributed by atoms with Crippen LogP contribution in [0.1, 0.15) is 33.4 Å². The van der Waals surface area contributed by atoms with E-state index < -0.39 is 0 Å². The SMILES string of the molecule is Cc1ccc(-c2c3c(c(-c4ccc(C)cc4)c4ccccc24)-c2ccc4c5ccc6c7c(-c8ccc(C)cc8)c8c9ccc%10c%11c(ccc(c8c(-c8ccc(C)cc8)c7c7ccc(c8ccc-3c2c84)c5c76)c%119)-c2c-%10c(-c3ccc(C)cc3)c3ccccc3c2-c2ccc(C)cc2)cc1. The molecule has 0 fully saturated rings. The van der Waals surface area contributed by atoms with Gasteiger partial charge in [0.1, 0.15) is 0 Å². The average molecular weight is 1240 g/mol. The second kappa shape index (κ2) is 19.4. The maximum absolute atomic E-state index is 2.52. The summed E-state index contributed by atoms with van der Waals surface area (Å²) in [7, 11) is 0. The predicted octanol–water partition coefficient (Wildman–Crippen LogP) is 27.8. The first kappa shape index (κ1) is 54.3. The third kappa shape index (κ3) is 6.98. The highest BCUT2D eigenvalue weighted by molar-refractivity contribution is 6.51. The van der Waals surface area contributed by atoms with Gasteiger partial charge in [-0.15, -0.1) is 0 Å². The Morgan fingerprint density at radius 2 is 0.306 bits per heavy atom. The fraction of sp³-hybridized carbons (Fsp3) is 0.0612. The van der Waals surface area contributed by atoms with E-state index in [1.807, 2.05) is 0 Å². The Morgan fingerprint density at radius 1 is 0.122 bits per heavy atom. The van der Waals surface area contributed by atoms with Crippen molar-refractivity contribution in [3.8, 4) is 111 Å². The minimum absolute atomic E-state index is 1.24. The lowest BCUT2D eigenvalue weighted by Gasteiger charge is -2.20. The molecule has 0 N–H and O–H groups in total. The van der Waals surface area contributed by atoms with Gasteiger partial charge in [0.15, 0.2) is 0 Å². The molecule has 454 valence electrons. The van der Waals surface area contributed by atoms with Gasteiger partial charge in [0.25, 0.3) is 0 Å². The average Bonchev–Trinajstić information content (AvgIpc) is 1.49. The summed E-state index contributed by atoms with van der Waals surface area (Å²) in [5, 5.41) is 29.0. The van der Waals surface area contributed by atoms with Gasteiger partial charge in [-0.25, -0.2) is 0 Å². The van der Waals surface area contributed by atoms with Gasteiger partial charge < -0.3 is 0 Å². The van der Waals surface area contributed by atoms with Crippen molar-refractivity contribution in [1.82, 2.24) is 0 Å². The third-order valence-corrected chi connectivity index (χ3v) is 23.2. The molecule has 20 aromatic rings. The predicted molar refractivity (Wildman–Crippen MR) is 422 cm³/mol. The molecule has 0 amide bonds. The lowest BCUT2D eigenvalue weighted by molar-refractivity contribution is 1.47. The molecular formula is C98H62. The van der Waals surface area contributed by atoms with Crippen molar-refractivity contribution in [3.63, 3.8) is 0 Å². The molecule has 0 spiro atoms. The van der Waals surface area contributed by atoms with Crippen LogP contribution in [0.2, 0.25) is 0 Å². The minimum Gasteiger partial charge on any atom is -0.0616 e. The van der Waals surface area contributed by atoms with Gasteiger partial charge in [-0.2, -0.15) is 0 Å². The highest BCUT2D eigenvalue weighted by atomic mass is 14.4. The molecule has 0 heteroatoms. The van der Waals surface area contributed by atoms with Crippen LogP contribution in [0.3, 0.4) is 0 Å². The maximum Gasteiger partial charge on any atom is -0.000717 e. The van der Waals surface area contributed by atoms with Crippen LogP contribution in [-0.2, 0) is 0 Å². The van der Waals surface area contributed by atoms with E-state index >= 15 is 0 Å². The zero-order chi connectivity index (χ0) is 64.8. The summed E-state index contributed by atoms with van der Waals surface area (Å²) < 4.78 is 0. The van der Waals surface area contributed by atoms with E-state index in [0.29, 0.717) is 0 Å². The third-order valence-electron chi connectivity index (χ3n) is 23.2. The van der Waals surface area contributed by atoms with E-state index in [-0.39, 0.29) is 0 Å². The Balaban J connectivity index is 0.872. The molecular weight excluding hydrogens is 1180 g/mol. The van der Waals surface area contributed by atoms with Gasteiger partial charge >= 0.3 is 0 Å². The molecule has 98 heavy (non-hydrogen) atoms. The van der Waals surface area contributed by atoms with Crippen LogP contribution in [-0.4, -0.2) is 0 Å². The van der Waals surface area contributed by atoms with Gasteiger partial charge in [-0.1, -0.05) is 300 Å². The standard InChI is InChI=1S/C98H62/c1-51-15-27-57(28-16-51)79-63-11-7-8-12-64(63)80(58-29-17-52(2)18-30-58)92-72-44-40-68-70-42-46-76-88-75(45-41-69(86(70)88)67-39-43-71(91(79)92)87(72)85(67)68)95-83(61-35-23-55(5)24-36-61)97-77-49-47-73-89-74(48-50-78(90(77)89)98(97)84(96(76)95)62-37-25-56(6)26-38-62)94-82(60-33-21-54(4)22-34-60)66-14-10-9-13-65(66)81(93(73)94)59-31-19-53(3)20-32-59/h7-50H,1-6H3. The van der Waals surface area contributed by atoms with E-state index in [1.165, 1.54) is 263 Å².